The lowest BCUT2D eigenvalue weighted by Crippen LogP contribution is -2.21. The van der Waals surface area contributed by atoms with Gasteiger partial charge in [-0.25, -0.2) is 4.98 Å². The van der Waals surface area contributed by atoms with Crippen LogP contribution in [0.15, 0.2) is 58.1 Å². The first-order valence-electron chi connectivity index (χ1n) is 10.6. The number of hydrogen-bond acceptors (Lipinski definition) is 9. The summed E-state index contributed by atoms with van der Waals surface area (Å²) in [6.45, 7) is 2.12. The highest BCUT2D eigenvalue weighted by molar-refractivity contribution is 5.70. The van der Waals surface area contributed by atoms with E-state index in [0.29, 0.717) is 28.5 Å². The van der Waals surface area contributed by atoms with Crippen molar-refractivity contribution in [1.29, 1.82) is 0 Å². The largest absolute Gasteiger partial charge is 0.497 e. The summed E-state index contributed by atoms with van der Waals surface area (Å²) in [5.41, 5.74) is 2.81. The van der Waals surface area contributed by atoms with Gasteiger partial charge in [0.15, 0.2) is 11.2 Å². The summed E-state index contributed by atoms with van der Waals surface area (Å²) >= 11 is 0. The number of aromatic nitrogens is 7. The van der Waals surface area contributed by atoms with Crippen molar-refractivity contribution in [1.82, 2.24) is 34.7 Å². The molecule has 3 heterocycles. The predicted octanol–water partition coefficient (Wildman–Crippen LogP) is 2.66. The minimum absolute atomic E-state index is 0.0356. The highest BCUT2D eigenvalue weighted by Crippen LogP contribution is 2.28. The van der Waals surface area contributed by atoms with Gasteiger partial charge in [-0.3, -0.25) is 9.36 Å². The molecule has 0 saturated carbocycles. The van der Waals surface area contributed by atoms with Gasteiger partial charge in [0.1, 0.15) is 24.4 Å². The van der Waals surface area contributed by atoms with Crippen molar-refractivity contribution in [2.45, 2.75) is 19.9 Å². The van der Waals surface area contributed by atoms with Crippen LogP contribution < -0.4 is 15.0 Å². The van der Waals surface area contributed by atoms with Crippen molar-refractivity contribution < 1.29 is 14.0 Å². The van der Waals surface area contributed by atoms with Crippen molar-refractivity contribution in [3.63, 3.8) is 0 Å². The van der Waals surface area contributed by atoms with Gasteiger partial charge in [-0.1, -0.05) is 29.4 Å². The summed E-state index contributed by atoms with van der Waals surface area (Å²) in [6.07, 6.45) is 2.35. The molecule has 11 nitrogen and oxygen atoms in total. The molecule has 172 valence electrons. The monoisotopic (exact) mass is 459 g/mol. The van der Waals surface area contributed by atoms with Crippen LogP contribution >= 0.6 is 0 Å². The van der Waals surface area contributed by atoms with E-state index in [1.54, 1.807) is 37.1 Å². The van der Waals surface area contributed by atoms with Gasteiger partial charge in [-0.05, 0) is 36.2 Å². The Morgan fingerprint density at radius 1 is 1.03 bits per heavy atom. The molecule has 0 N–H and O–H groups in total. The van der Waals surface area contributed by atoms with Crippen LogP contribution in [-0.4, -0.2) is 48.9 Å². The Hall–Kier alpha value is -4.54. The maximum Gasteiger partial charge on any atom is 0.284 e. The van der Waals surface area contributed by atoms with Crippen LogP contribution in [0.3, 0.4) is 0 Å². The first-order valence-corrected chi connectivity index (χ1v) is 10.6. The van der Waals surface area contributed by atoms with Gasteiger partial charge in [0, 0.05) is 11.6 Å². The third-order valence-corrected chi connectivity index (χ3v) is 5.40. The average molecular weight is 459 g/mol. The molecule has 11 heteroatoms. The lowest BCUT2D eigenvalue weighted by atomic mass is 10.1. The fraction of sp³-hybridized carbons (Fsp3) is 0.217. The summed E-state index contributed by atoms with van der Waals surface area (Å²) in [4.78, 5) is 21.8. The van der Waals surface area contributed by atoms with Crippen LogP contribution in [0.2, 0.25) is 0 Å². The second kappa shape index (κ2) is 8.77. The van der Waals surface area contributed by atoms with Gasteiger partial charge in [-0.15, -0.1) is 5.10 Å². The Morgan fingerprint density at radius 2 is 1.76 bits per heavy atom. The fourth-order valence-corrected chi connectivity index (χ4v) is 3.52. The molecule has 2 aromatic carbocycles. The summed E-state index contributed by atoms with van der Waals surface area (Å²) in [5.74, 6) is 1.77. The van der Waals surface area contributed by atoms with Crippen molar-refractivity contribution >= 4 is 11.2 Å². The Morgan fingerprint density at radius 3 is 2.44 bits per heavy atom. The lowest BCUT2D eigenvalue weighted by molar-refractivity contribution is 0.369. The molecule has 0 atom stereocenters. The molecule has 0 amide bonds. The molecule has 0 bridgehead atoms. The van der Waals surface area contributed by atoms with E-state index in [1.807, 2.05) is 24.3 Å². The summed E-state index contributed by atoms with van der Waals surface area (Å²) in [5, 5.41) is 12.2. The minimum atomic E-state index is -0.357. The molecule has 0 saturated heterocycles. The van der Waals surface area contributed by atoms with E-state index in [9.17, 15) is 4.79 Å². The maximum absolute atomic E-state index is 13.0. The second-order valence-corrected chi connectivity index (χ2v) is 7.48. The van der Waals surface area contributed by atoms with Crippen molar-refractivity contribution in [2.75, 3.05) is 14.2 Å². The van der Waals surface area contributed by atoms with Crippen LogP contribution in [0.1, 0.15) is 18.4 Å². The molecule has 5 rings (SSSR count). The molecule has 0 aliphatic rings. The standard InChI is InChI=1S/C23H21N7O4/c1-4-14-5-7-16(8-6-14)30-22-20(26-28-30)23(31)29(13-24-22)12-19-25-21(27-34-19)15-9-17(32-2)11-18(10-15)33-3/h5-11,13H,4,12H2,1-3H3. The number of hydrogen-bond donors (Lipinski definition) is 0. The molecule has 3 aromatic heterocycles. The van der Waals surface area contributed by atoms with Crippen molar-refractivity contribution in [3.05, 3.63) is 70.6 Å². The zero-order chi connectivity index (χ0) is 23.7. The molecule has 34 heavy (non-hydrogen) atoms. The average Bonchev–Trinajstić information content (AvgIpc) is 3.53. The molecule has 0 radical (unpaired) electrons. The fourth-order valence-electron chi connectivity index (χ4n) is 3.52. The maximum atomic E-state index is 13.0. The van der Waals surface area contributed by atoms with E-state index < -0.39 is 0 Å². The minimum Gasteiger partial charge on any atom is -0.497 e. The summed E-state index contributed by atoms with van der Waals surface area (Å²) < 4.78 is 18.8. The molecule has 0 unspecified atom stereocenters. The first-order chi connectivity index (χ1) is 16.6. The molecular formula is C23H21N7O4. The lowest BCUT2D eigenvalue weighted by Gasteiger charge is -2.05. The normalized spacial score (nSPS) is 11.1. The van der Waals surface area contributed by atoms with Gasteiger partial charge >= 0.3 is 0 Å². The van der Waals surface area contributed by atoms with Crippen molar-refractivity contribution in [2.24, 2.45) is 0 Å². The predicted molar refractivity (Wildman–Crippen MR) is 122 cm³/mol. The van der Waals surface area contributed by atoms with Crippen LogP contribution in [0.5, 0.6) is 11.5 Å². The zero-order valence-corrected chi connectivity index (χ0v) is 18.8. The number of aryl methyl sites for hydroxylation is 1. The third-order valence-electron chi connectivity index (χ3n) is 5.40. The number of nitrogens with zero attached hydrogens (tertiary/aromatic N) is 7. The highest BCUT2D eigenvalue weighted by atomic mass is 16.5. The Kier molecular flexibility index (Phi) is 5.50. The van der Waals surface area contributed by atoms with Crippen LogP contribution in [-0.2, 0) is 13.0 Å². The number of ether oxygens (including phenoxy) is 2. The first kappa shape index (κ1) is 21.3. The summed E-state index contributed by atoms with van der Waals surface area (Å²) in [7, 11) is 3.12. The topological polar surface area (TPSA) is 123 Å². The van der Waals surface area contributed by atoms with E-state index >= 15 is 0 Å². The highest BCUT2D eigenvalue weighted by Gasteiger charge is 2.16. The van der Waals surface area contributed by atoms with E-state index in [2.05, 4.69) is 32.4 Å². The van der Waals surface area contributed by atoms with E-state index in [-0.39, 0.29) is 23.5 Å². The zero-order valence-electron chi connectivity index (χ0n) is 18.8. The molecule has 0 aliphatic carbocycles. The Labute approximate surface area is 193 Å². The smallest absolute Gasteiger partial charge is 0.284 e. The van der Waals surface area contributed by atoms with Gasteiger partial charge in [-0.2, -0.15) is 9.67 Å². The number of benzene rings is 2. The van der Waals surface area contributed by atoms with Gasteiger partial charge in [0.2, 0.25) is 11.7 Å². The van der Waals surface area contributed by atoms with E-state index in [1.165, 1.54) is 16.5 Å². The van der Waals surface area contributed by atoms with Crippen LogP contribution in [0.25, 0.3) is 28.2 Å². The van der Waals surface area contributed by atoms with Crippen LogP contribution in [0.4, 0.5) is 0 Å². The second-order valence-electron chi connectivity index (χ2n) is 7.48. The van der Waals surface area contributed by atoms with E-state index in [4.69, 9.17) is 14.0 Å². The third kappa shape index (κ3) is 3.87. The van der Waals surface area contributed by atoms with Gasteiger partial charge in [0.05, 0.1) is 19.9 Å². The van der Waals surface area contributed by atoms with Crippen molar-refractivity contribution in [3.8, 4) is 28.6 Å². The summed E-state index contributed by atoms with van der Waals surface area (Å²) in [6, 6.07) is 13.1. The van der Waals surface area contributed by atoms with E-state index in [0.717, 1.165) is 12.1 Å². The molecule has 0 spiro atoms. The molecule has 5 aromatic rings. The van der Waals surface area contributed by atoms with Gasteiger partial charge in [0.25, 0.3) is 5.56 Å². The SMILES string of the molecule is CCc1ccc(-n2nnc3c(=O)n(Cc4nc(-c5cc(OC)cc(OC)c5)no4)cnc32)cc1. The Balaban J connectivity index is 1.44. The molecule has 0 fully saturated rings. The quantitative estimate of drug-likeness (QED) is 0.361. The number of fused-ring (bicyclic) bond motifs is 1. The number of methoxy groups -OCH3 is 2. The van der Waals surface area contributed by atoms with Gasteiger partial charge < -0.3 is 14.0 Å². The molecule has 0 aliphatic heterocycles. The van der Waals surface area contributed by atoms with Crippen LogP contribution in [0, 0.1) is 0 Å². The Bertz CT molecular complexity index is 1500. The molecular weight excluding hydrogens is 438 g/mol. The number of rotatable bonds is 7.